The highest BCUT2D eigenvalue weighted by atomic mass is 19.1. The minimum absolute atomic E-state index is 0.0974. The molecule has 1 heterocycles. The van der Waals surface area contributed by atoms with E-state index in [1.54, 1.807) is 19.2 Å². The van der Waals surface area contributed by atoms with Gasteiger partial charge in [0.25, 0.3) is 0 Å². The number of aromatic nitrogens is 3. The Morgan fingerprint density at radius 3 is 2.11 bits per heavy atom. The van der Waals surface area contributed by atoms with Crippen molar-refractivity contribution in [2.45, 2.75) is 19.5 Å². The summed E-state index contributed by atoms with van der Waals surface area (Å²) >= 11 is 0. The van der Waals surface area contributed by atoms with E-state index in [1.165, 1.54) is 12.1 Å². The van der Waals surface area contributed by atoms with Crippen molar-refractivity contribution in [3.63, 3.8) is 0 Å². The third-order valence-electron chi connectivity index (χ3n) is 6.36. The summed E-state index contributed by atoms with van der Waals surface area (Å²) in [6.07, 6.45) is 0.238. The van der Waals surface area contributed by atoms with Crippen molar-refractivity contribution in [2.75, 3.05) is 62.6 Å². The average Bonchev–Trinajstić information content (AvgIpc) is 3.06. The lowest BCUT2D eigenvalue weighted by atomic mass is 10.1. The average molecular weight is 619 g/mol. The fourth-order valence-corrected chi connectivity index (χ4v) is 4.09. The fraction of sp³-hybridized carbons (Fsp3) is 0.312. The first-order chi connectivity index (χ1) is 22.0. The molecule has 0 spiro atoms. The van der Waals surface area contributed by atoms with Crippen molar-refractivity contribution in [1.82, 2.24) is 20.3 Å². The van der Waals surface area contributed by atoms with Crippen molar-refractivity contribution < 1.29 is 23.4 Å². The lowest BCUT2D eigenvalue weighted by Gasteiger charge is -2.12. The molecule has 0 aliphatic carbocycles. The van der Waals surface area contributed by atoms with Crippen LogP contribution < -0.4 is 31.7 Å². The van der Waals surface area contributed by atoms with Crippen LogP contribution in [-0.2, 0) is 33.8 Å². The number of benzene rings is 3. The van der Waals surface area contributed by atoms with Crippen LogP contribution in [0.2, 0.25) is 0 Å². The molecule has 45 heavy (non-hydrogen) atoms. The highest BCUT2D eigenvalue weighted by Crippen LogP contribution is 2.19. The minimum atomic E-state index is -0.299. The zero-order chi connectivity index (χ0) is 31.7. The van der Waals surface area contributed by atoms with Gasteiger partial charge in [-0.3, -0.25) is 4.79 Å². The molecule has 0 radical (unpaired) electrons. The number of halogens is 1. The van der Waals surface area contributed by atoms with Gasteiger partial charge in [0.15, 0.2) is 0 Å². The van der Waals surface area contributed by atoms with E-state index < -0.39 is 0 Å². The molecule has 1 amide bonds. The monoisotopic (exact) mass is 618 g/mol. The number of methoxy groups -OCH3 is 1. The molecule has 0 saturated carbocycles. The molecule has 0 unspecified atom stereocenters. The summed E-state index contributed by atoms with van der Waals surface area (Å²) in [7, 11) is 1.62. The molecule has 12 nitrogen and oxygen atoms in total. The highest BCUT2D eigenvalue weighted by Gasteiger charge is 2.09. The number of ether oxygens (including phenoxy) is 3. The number of anilines is 4. The van der Waals surface area contributed by atoms with E-state index in [1.807, 2.05) is 48.5 Å². The molecule has 3 aromatic carbocycles. The molecule has 0 aliphatic heterocycles. The lowest BCUT2D eigenvalue weighted by Crippen LogP contribution is -2.29. The molecule has 238 valence electrons. The van der Waals surface area contributed by atoms with E-state index >= 15 is 0 Å². The summed E-state index contributed by atoms with van der Waals surface area (Å²) in [5, 5.41) is 12.5. The molecular weight excluding hydrogens is 579 g/mol. The van der Waals surface area contributed by atoms with Gasteiger partial charge in [0.2, 0.25) is 23.8 Å². The fourth-order valence-electron chi connectivity index (χ4n) is 4.09. The quantitative estimate of drug-likeness (QED) is 0.0978. The molecule has 0 bridgehead atoms. The minimum Gasteiger partial charge on any atom is -0.497 e. The maximum Gasteiger partial charge on any atom is 0.233 e. The van der Waals surface area contributed by atoms with Crippen LogP contribution in [-0.4, -0.2) is 67.5 Å². The molecule has 13 heteroatoms. The zero-order valence-electron chi connectivity index (χ0n) is 25.2. The van der Waals surface area contributed by atoms with Crippen LogP contribution in [0.3, 0.4) is 0 Å². The summed E-state index contributed by atoms with van der Waals surface area (Å²) < 4.78 is 29.3. The molecular formula is C32H39FN8O4. The Bertz CT molecular complexity index is 1480. The van der Waals surface area contributed by atoms with Crippen LogP contribution in [0.25, 0.3) is 0 Å². The first-order valence-electron chi connectivity index (χ1n) is 14.6. The van der Waals surface area contributed by atoms with Gasteiger partial charge < -0.3 is 41.2 Å². The lowest BCUT2D eigenvalue weighted by molar-refractivity contribution is -0.120. The third kappa shape index (κ3) is 12.0. The molecule has 0 fully saturated rings. The van der Waals surface area contributed by atoms with Gasteiger partial charge in [-0.1, -0.05) is 36.4 Å². The summed E-state index contributed by atoms with van der Waals surface area (Å²) in [4.78, 5) is 25.9. The molecule has 0 atom stereocenters. The summed E-state index contributed by atoms with van der Waals surface area (Å²) in [5.74, 6) is 1.37. The van der Waals surface area contributed by atoms with Crippen molar-refractivity contribution in [2.24, 2.45) is 5.73 Å². The van der Waals surface area contributed by atoms with E-state index in [9.17, 15) is 9.18 Å². The number of hydrogen-bond acceptors (Lipinski definition) is 11. The molecule has 1 aromatic heterocycles. The van der Waals surface area contributed by atoms with Crippen molar-refractivity contribution in [3.8, 4) is 5.75 Å². The molecule has 4 aromatic rings. The second-order valence-electron chi connectivity index (χ2n) is 9.85. The zero-order valence-corrected chi connectivity index (χ0v) is 25.2. The highest BCUT2D eigenvalue weighted by molar-refractivity contribution is 5.78. The van der Waals surface area contributed by atoms with E-state index in [0.29, 0.717) is 70.5 Å². The number of nitrogens with one attached hydrogen (secondary N) is 4. The number of rotatable bonds is 19. The van der Waals surface area contributed by atoms with Gasteiger partial charge in [0.05, 0.1) is 40.0 Å². The first-order valence-corrected chi connectivity index (χ1v) is 14.6. The van der Waals surface area contributed by atoms with Crippen LogP contribution in [0.4, 0.5) is 27.9 Å². The van der Waals surface area contributed by atoms with Crippen LogP contribution in [0.15, 0.2) is 72.8 Å². The Labute approximate surface area is 261 Å². The van der Waals surface area contributed by atoms with Crippen LogP contribution >= 0.6 is 0 Å². The van der Waals surface area contributed by atoms with Crippen molar-refractivity contribution in [1.29, 1.82) is 0 Å². The van der Waals surface area contributed by atoms with Crippen molar-refractivity contribution in [3.05, 3.63) is 95.3 Å². The normalized spacial score (nSPS) is 10.7. The maximum absolute atomic E-state index is 13.3. The Morgan fingerprint density at radius 2 is 1.42 bits per heavy atom. The number of amides is 1. The SMILES string of the molecule is COc1cccc(CNc2nc(NCc3ccc(F)cc3)nc(Nc3ccc(CC(=O)NCCOCCOCCN)cc3)n2)c1. The van der Waals surface area contributed by atoms with Crippen LogP contribution in [0.5, 0.6) is 5.75 Å². The van der Waals surface area contributed by atoms with E-state index in [2.05, 4.69) is 36.2 Å². The Hall–Kier alpha value is -4.85. The van der Waals surface area contributed by atoms with Gasteiger partial charge in [-0.25, -0.2) is 4.39 Å². The smallest absolute Gasteiger partial charge is 0.233 e. The predicted octanol–water partition coefficient (Wildman–Crippen LogP) is 3.64. The summed E-state index contributed by atoms with van der Waals surface area (Å²) in [6.45, 7) is 3.60. The standard InChI is InChI=1S/C32H39FN8O4/c1-43-28-4-2-3-25(19-28)22-37-31-39-30(36-21-24-5-9-26(33)10-6-24)40-32(41-31)38-27-11-7-23(8-12-27)20-29(42)35-14-16-45-18-17-44-15-13-34/h2-12,19H,13-18,20-22,34H2,1H3,(H,35,42)(H3,36,37,38,39,40,41). The second kappa shape index (κ2) is 18.1. The van der Waals surface area contributed by atoms with Gasteiger partial charge in [0, 0.05) is 31.9 Å². The third-order valence-corrected chi connectivity index (χ3v) is 6.36. The molecule has 0 saturated heterocycles. The number of carbonyl (C=O) groups is 1. The van der Waals surface area contributed by atoms with Gasteiger partial charge in [-0.15, -0.1) is 0 Å². The molecule has 0 aliphatic rings. The number of carbonyl (C=O) groups excluding carboxylic acids is 1. The number of nitrogens with two attached hydrogens (primary N) is 1. The van der Waals surface area contributed by atoms with Gasteiger partial charge in [-0.05, 0) is 53.1 Å². The predicted molar refractivity (Wildman–Crippen MR) is 171 cm³/mol. The van der Waals surface area contributed by atoms with E-state index in [0.717, 1.165) is 28.1 Å². The first kappa shape index (κ1) is 33.1. The van der Waals surface area contributed by atoms with Crippen LogP contribution in [0, 0.1) is 5.82 Å². The Kier molecular flexibility index (Phi) is 13.3. The van der Waals surface area contributed by atoms with E-state index in [4.69, 9.17) is 19.9 Å². The van der Waals surface area contributed by atoms with Gasteiger partial charge in [0.1, 0.15) is 11.6 Å². The molecule has 4 rings (SSSR count). The summed E-state index contributed by atoms with van der Waals surface area (Å²) in [6, 6.07) is 21.3. The Balaban J connectivity index is 1.34. The van der Waals surface area contributed by atoms with Crippen LogP contribution in [0.1, 0.15) is 16.7 Å². The van der Waals surface area contributed by atoms with E-state index in [-0.39, 0.29) is 18.1 Å². The second-order valence-corrected chi connectivity index (χ2v) is 9.85. The molecule has 6 N–H and O–H groups in total. The topological polar surface area (TPSA) is 158 Å². The largest absolute Gasteiger partial charge is 0.497 e. The summed E-state index contributed by atoms with van der Waals surface area (Å²) in [5.41, 5.74) is 8.82. The van der Waals surface area contributed by atoms with Gasteiger partial charge >= 0.3 is 0 Å². The number of hydrogen-bond donors (Lipinski definition) is 5. The Morgan fingerprint density at radius 1 is 0.778 bits per heavy atom. The van der Waals surface area contributed by atoms with Gasteiger partial charge in [-0.2, -0.15) is 15.0 Å². The number of nitrogens with zero attached hydrogens (tertiary/aromatic N) is 3. The maximum atomic E-state index is 13.3. The van der Waals surface area contributed by atoms with Crippen molar-refractivity contribution >= 4 is 29.4 Å².